The number of hydrogen-bond acceptors (Lipinski definition) is 2. The van der Waals surface area contributed by atoms with E-state index >= 15 is 0 Å². The minimum Gasteiger partial charge on any atom is -0.451 e. The van der Waals surface area contributed by atoms with Crippen molar-refractivity contribution >= 4 is 5.97 Å². The summed E-state index contributed by atoms with van der Waals surface area (Å²) >= 11 is 0. The van der Waals surface area contributed by atoms with Crippen LogP contribution in [0.15, 0.2) is 24.3 Å². The fourth-order valence-corrected chi connectivity index (χ4v) is 1.86. The smallest absolute Gasteiger partial charge is 0.334 e. The fraction of sp³-hybridized carbons (Fsp3) is 0.500. The molecule has 2 rings (SSSR count). The van der Waals surface area contributed by atoms with Gasteiger partial charge in [0.2, 0.25) is 0 Å². The van der Waals surface area contributed by atoms with Crippen molar-refractivity contribution < 1.29 is 9.53 Å². The second-order valence-corrected chi connectivity index (χ2v) is 3.53. The maximum atomic E-state index is 11.1. The molecule has 2 nitrogen and oxygen atoms in total. The average Bonchev–Trinajstić information content (AvgIpc) is 2.29. The molecule has 0 bridgehead atoms. The second-order valence-electron chi connectivity index (χ2n) is 3.53. The number of allylic oxidation sites excluding steroid dienone is 1. The maximum absolute atomic E-state index is 11.1. The average molecular weight is 164 g/mol. The Morgan fingerprint density at radius 3 is 2.92 bits per heavy atom. The van der Waals surface area contributed by atoms with E-state index in [9.17, 15) is 4.79 Å². The van der Waals surface area contributed by atoms with Gasteiger partial charge >= 0.3 is 5.97 Å². The molecule has 1 heterocycles. The van der Waals surface area contributed by atoms with Gasteiger partial charge in [-0.1, -0.05) is 12.7 Å². The molecular weight excluding hydrogens is 152 g/mol. The standard InChI is InChI=1S/C10H12O2/c1-8-7-10(12-9(8)11)5-3-2-4-6-10/h3,5H,1-2,4,6-7H2. The van der Waals surface area contributed by atoms with Gasteiger partial charge < -0.3 is 4.74 Å². The van der Waals surface area contributed by atoms with Crippen molar-refractivity contribution in [1.29, 1.82) is 0 Å². The number of esters is 1. The number of hydrogen-bond donors (Lipinski definition) is 0. The normalized spacial score (nSPS) is 34.3. The molecule has 2 aliphatic rings. The van der Waals surface area contributed by atoms with Crippen LogP contribution in [0, 0.1) is 0 Å². The molecule has 1 aliphatic carbocycles. The van der Waals surface area contributed by atoms with Gasteiger partial charge in [-0.15, -0.1) is 0 Å². The number of carbonyl (C=O) groups excluding carboxylic acids is 1. The molecule has 0 aromatic carbocycles. The molecule has 0 N–H and O–H groups in total. The first-order valence-electron chi connectivity index (χ1n) is 4.31. The SMILES string of the molecule is C=C1CC2(C=CCCC2)OC1=O. The Balaban J connectivity index is 2.23. The summed E-state index contributed by atoms with van der Waals surface area (Å²) in [5, 5.41) is 0. The molecule has 1 atom stereocenters. The third kappa shape index (κ3) is 1.07. The summed E-state index contributed by atoms with van der Waals surface area (Å²) in [6.07, 6.45) is 7.96. The van der Waals surface area contributed by atoms with Crippen LogP contribution in [0.25, 0.3) is 0 Å². The largest absolute Gasteiger partial charge is 0.451 e. The zero-order chi connectivity index (χ0) is 8.60. The Morgan fingerprint density at radius 2 is 2.42 bits per heavy atom. The van der Waals surface area contributed by atoms with E-state index in [1.54, 1.807) is 0 Å². The van der Waals surface area contributed by atoms with Gasteiger partial charge in [-0.25, -0.2) is 4.79 Å². The highest BCUT2D eigenvalue weighted by Crippen LogP contribution is 2.37. The van der Waals surface area contributed by atoms with Crippen molar-refractivity contribution in [2.75, 3.05) is 0 Å². The zero-order valence-corrected chi connectivity index (χ0v) is 7.01. The monoisotopic (exact) mass is 164 g/mol. The first-order chi connectivity index (χ1) is 5.72. The van der Waals surface area contributed by atoms with Crippen LogP contribution in [-0.2, 0) is 9.53 Å². The Labute approximate surface area is 71.9 Å². The third-order valence-corrected chi connectivity index (χ3v) is 2.49. The molecule has 64 valence electrons. The molecule has 1 saturated heterocycles. The van der Waals surface area contributed by atoms with Gasteiger partial charge in [0.25, 0.3) is 0 Å². The summed E-state index contributed by atoms with van der Waals surface area (Å²) < 4.78 is 5.28. The van der Waals surface area contributed by atoms with Crippen molar-refractivity contribution in [2.24, 2.45) is 0 Å². The van der Waals surface area contributed by atoms with Crippen molar-refractivity contribution in [3.63, 3.8) is 0 Å². The summed E-state index contributed by atoms with van der Waals surface area (Å²) in [5.74, 6) is -0.221. The molecule has 1 unspecified atom stereocenters. The van der Waals surface area contributed by atoms with Gasteiger partial charge in [-0.05, 0) is 25.3 Å². The lowest BCUT2D eigenvalue weighted by molar-refractivity contribution is -0.143. The van der Waals surface area contributed by atoms with Crippen LogP contribution >= 0.6 is 0 Å². The van der Waals surface area contributed by atoms with Crippen molar-refractivity contribution in [3.8, 4) is 0 Å². The van der Waals surface area contributed by atoms with Crippen LogP contribution in [0.1, 0.15) is 25.7 Å². The van der Waals surface area contributed by atoms with Gasteiger partial charge in [-0.3, -0.25) is 0 Å². The van der Waals surface area contributed by atoms with E-state index in [0.717, 1.165) is 19.3 Å². The Kier molecular flexibility index (Phi) is 1.56. The fourth-order valence-electron chi connectivity index (χ4n) is 1.86. The van der Waals surface area contributed by atoms with E-state index in [2.05, 4.69) is 12.7 Å². The summed E-state index contributed by atoms with van der Waals surface area (Å²) in [5.41, 5.74) is 0.299. The molecule has 1 fully saturated rings. The zero-order valence-electron chi connectivity index (χ0n) is 7.01. The summed E-state index contributed by atoms with van der Waals surface area (Å²) in [6.45, 7) is 3.68. The summed E-state index contributed by atoms with van der Waals surface area (Å²) in [4.78, 5) is 11.1. The van der Waals surface area contributed by atoms with E-state index in [0.29, 0.717) is 12.0 Å². The number of carbonyl (C=O) groups is 1. The van der Waals surface area contributed by atoms with E-state index < -0.39 is 0 Å². The minimum absolute atomic E-state index is 0.221. The van der Waals surface area contributed by atoms with Crippen LogP contribution in [0.4, 0.5) is 0 Å². The van der Waals surface area contributed by atoms with E-state index in [-0.39, 0.29) is 11.6 Å². The van der Waals surface area contributed by atoms with Gasteiger partial charge in [0, 0.05) is 12.0 Å². The van der Waals surface area contributed by atoms with Crippen molar-refractivity contribution in [2.45, 2.75) is 31.3 Å². The van der Waals surface area contributed by atoms with E-state index in [4.69, 9.17) is 4.74 Å². The van der Waals surface area contributed by atoms with Crippen LogP contribution in [-0.4, -0.2) is 11.6 Å². The number of rotatable bonds is 0. The lowest BCUT2D eigenvalue weighted by Crippen LogP contribution is -2.27. The summed E-state index contributed by atoms with van der Waals surface area (Å²) in [7, 11) is 0. The molecular formula is C10H12O2. The topological polar surface area (TPSA) is 26.3 Å². The van der Waals surface area contributed by atoms with Crippen LogP contribution in [0.3, 0.4) is 0 Å². The molecule has 0 radical (unpaired) electrons. The Morgan fingerprint density at radius 1 is 1.58 bits per heavy atom. The van der Waals surface area contributed by atoms with E-state index in [1.807, 2.05) is 6.08 Å². The molecule has 0 aromatic heterocycles. The predicted molar refractivity (Wildman–Crippen MR) is 45.6 cm³/mol. The minimum atomic E-state index is -0.313. The molecule has 0 aromatic rings. The lowest BCUT2D eigenvalue weighted by Gasteiger charge is -2.26. The van der Waals surface area contributed by atoms with Gasteiger partial charge in [0.15, 0.2) is 0 Å². The molecule has 1 spiro atoms. The van der Waals surface area contributed by atoms with Crippen molar-refractivity contribution in [3.05, 3.63) is 24.3 Å². The highest BCUT2D eigenvalue weighted by molar-refractivity contribution is 5.90. The lowest BCUT2D eigenvalue weighted by atomic mass is 9.88. The van der Waals surface area contributed by atoms with Crippen LogP contribution in [0.5, 0.6) is 0 Å². The second kappa shape index (κ2) is 2.47. The molecule has 12 heavy (non-hydrogen) atoms. The molecule has 2 heteroatoms. The highest BCUT2D eigenvalue weighted by Gasteiger charge is 2.40. The highest BCUT2D eigenvalue weighted by atomic mass is 16.6. The Hall–Kier alpha value is -1.05. The molecule has 0 saturated carbocycles. The summed E-state index contributed by atoms with van der Waals surface area (Å²) in [6, 6.07) is 0. The van der Waals surface area contributed by atoms with Gasteiger partial charge in [0.05, 0.1) is 0 Å². The molecule has 0 amide bonds. The first-order valence-corrected chi connectivity index (χ1v) is 4.31. The van der Waals surface area contributed by atoms with Crippen molar-refractivity contribution in [1.82, 2.24) is 0 Å². The maximum Gasteiger partial charge on any atom is 0.334 e. The van der Waals surface area contributed by atoms with Gasteiger partial charge in [0.1, 0.15) is 5.60 Å². The van der Waals surface area contributed by atoms with Crippen LogP contribution < -0.4 is 0 Å². The van der Waals surface area contributed by atoms with Crippen LogP contribution in [0.2, 0.25) is 0 Å². The third-order valence-electron chi connectivity index (χ3n) is 2.49. The Bertz CT molecular complexity index is 247. The number of ether oxygens (including phenoxy) is 1. The quantitative estimate of drug-likeness (QED) is 0.311. The van der Waals surface area contributed by atoms with E-state index in [1.165, 1.54) is 0 Å². The van der Waals surface area contributed by atoms with Gasteiger partial charge in [-0.2, -0.15) is 0 Å². The predicted octanol–water partition coefficient (Wildman–Crippen LogP) is 1.97. The molecule has 1 aliphatic heterocycles. The first kappa shape index (κ1) is 7.59.